The van der Waals surface area contributed by atoms with E-state index in [4.69, 9.17) is 21.1 Å². The van der Waals surface area contributed by atoms with E-state index in [9.17, 15) is 32.7 Å². The van der Waals surface area contributed by atoms with Gasteiger partial charge in [0.25, 0.3) is 5.91 Å². The van der Waals surface area contributed by atoms with Crippen LogP contribution in [0.3, 0.4) is 0 Å². The number of halogens is 1. The highest BCUT2D eigenvalue weighted by atomic mass is 35.5. The minimum Gasteiger partial charge on any atom is -0.494 e. The molecular formula is C37H42ClN5O9S. The van der Waals surface area contributed by atoms with E-state index in [0.717, 1.165) is 0 Å². The number of nitrogens with one attached hydrogen (secondary N) is 3. The first-order chi connectivity index (χ1) is 25.0. The lowest BCUT2D eigenvalue weighted by molar-refractivity contribution is -0.141. The van der Waals surface area contributed by atoms with Crippen molar-refractivity contribution in [2.45, 2.75) is 75.4 Å². The Bertz CT molecular complexity index is 2080. The van der Waals surface area contributed by atoms with E-state index >= 15 is 0 Å². The lowest BCUT2D eigenvalue weighted by Crippen LogP contribution is -2.58. The van der Waals surface area contributed by atoms with Gasteiger partial charge in [-0.15, -0.1) is 6.58 Å². The molecule has 3 amide bonds. The lowest BCUT2D eigenvalue weighted by Gasteiger charge is -2.36. The van der Waals surface area contributed by atoms with E-state index in [1.807, 2.05) is 20.8 Å². The number of fused-ring (bicyclic) bond motifs is 1. The third-order valence-corrected chi connectivity index (χ3v) is 12.0. The summed E-state index contributed by atoms with van der Waals surface area (Å²) in [6.07, 6.45) is 3.29. The van der Waals surface area contributed by atoms with Crippen molar-refractivity contribution in [1.82, 2.24) is 19.9 Å². The first-order valence-corrected chi connectivity index (χ1v) is 19.1. The molecule has 2 heterocycles. The molecule has 16 heteroatoms. The van der Waals surface area contributed by atoms with Crippen molar-refractivity contribution >= 4 is 61.8 Å². The second kappa shape index (κ2) is 14.2. The SMILES string of the molecule is C=C[C@@H]1C[C@]1(NC(=O)[C@@H]1C[C@@H](Oc2ncc(OC)c3ccc(Cl)cc23)CN1C(=O)[C@@H](Nc1ccc(C(=O)O)cc1)C(C)(C)C)C(=O)NS(=O)(=O)C1CC1. The van der Waals surface area contributed by atoms with Crippen LogP contribution >= 0.6 is 11.6 Å². The van der Waals surface area contributed by atoms with Gasteiger partial charge >= 0.3 is 5.97 Å². The van der Waals surface area contributed by atoms with Crippen LogP contribution in [0.25, 0.3) is 10.8 Å². The van der Waals surface area contributed by atoms with Crippen LogP contribution in [0.15, 0.2) is 61.3 Å². The number of aromatic carboxylic acids is 1. The molecule has 2 aliphatic carbocycles. The number of carbonyl (C=O) groups is 4. The minimum absolute atomic E-state index is 0.00827. The zero-order valence-electron chi connectivity index (χ0n) is 29.7. The maximum Gasteiger partial charge on any atom is 0.335 e. The maximum atomic E-state index is 14.6. The minimum atomic E-state index is -3.91. The fraction of sp³-hybridized carbons (Fsp3) is 0.432. The van der Waals surface area contributed by atoms with Crippen molar-refractivity contribution in [2.24, 2.45) is 11.3 Å². The number of rotatable bonds is 13. The molecule has 4 N–H and O–H groups in total. The van der Waals surface area contributed by atoms with Crippen LogP contribution in [0, 0.1) is 11.3 Å². The maximum absolute atomic E-state index is 14.6. The summed E-state index contributed by atoms with van der Waals surface area (Å²) < 4.78 is 39.4. The molecule has 2 aromatic carbocycles. The number of ether oxygens (including phenoxy) is 2. The van der Waals surface area contributed by atoms with E-state index in [2.05, 4.69) is 26.9 Å². The van der Waals surface area contributed by atoms with E-state index in [-0.39, 0.29) is 30.8 Å². The summed E-state index contributed by atoms with van der Waals surface area (Å²) in [5, 5.41) is 16.4. The van der Waals surface area contributed by atoms with Crippen molar-refractivity contribution in [1.29, 1.82) is 0 Å². The molecule has 1 aromatic heterocycles. The summed E-state index contributed by atoms with van der Waals surface area (Å²) in [5.41, 5.74) is -1.71. The third-order valence-electron chi connectivity index (χ3n) is 9.93. The van der Waals surface area contributed by atoms with Crippen LogP contribution in [0.4, 0.5) is 5.69 Å². The summed E-state index contributed by atoms with van der Waals surface area (Å²) in [4.78, 5) is 59.7. The number of carboxylic acid groups (broad SMARTS) is 1. The van der Waals surface area contributed by atoms with Gasteiger partial charge in [0.15, 0.2) is 0 Å². The van der Waals surface area contributed by atoms with Crippen molar-refractivity contribution in [3.63, 3.8) is 0 Å². The molecule has 3 aromatic rings. The number of aromatic nitrogens is 1. The summed E-state index contributed by atoms with van der Waals surface area (Å²) >= 11 is 6.33. The number of methoxy groups -OCH3 is 1. The van der Waals surface area contributed by atoms with Gasteiger partial charge in [-0.05, 0) is 67.1 Å². The smallest absolute Gasteiger partial charge is 0.335 e. The molecule has 53 heavy (non-hydrogen) atoms. The van der Waals surface area contributed by atoms with Crippen molar-refractivity contribution in [2.75, 3.05) is 19.0 Å². The summed E-state index contributed by atoms with van der Waals surface area (Å²) in [6, 6.07) is 9.06. The molecule has 282 valence electrons. The number of benzene rings is 2. The Morgan fingerprint density at radius 3 is 2.40 bits per heavy atom. The van der Waals surface area contributed by atoms with Gasteiger partial charge in [-0.1, -0.05) is 38.4 Å². The molecule has 0 unspecified atom stereocenters. The van der Waals surface area contributed by atoms with E-state index in [1.54, 1.807) is 30.3 Å². The van der Waals surface area contributed by atoms with Crippen LogP contribution < -0.4 is 24.8 Å². The third kappa shape index (κ3) is 7.77. The Kier molecular flexibility index (Phi) is 10.1. The van der Waals surface area contributed by atoms with E-state index in [0.29, 0.717) is 40.1 Å². The zero-order valence-corrected chi connectivity index (χ0v) is 31.3. The molecule has 14 nitrogen and oxygen atoms in total. The number of sulfonamides is 1. The Morgan fingerprint density at radius 2 is 1.81 bits per heavy atom. The number of carbonyl (C=O) groups excluding carboxylic acids is 3. The van der Waals surface area contributed by atoms with Gasteiger partial charge in [-0.2, -0.15) is 0 Å². The standard InChI is InChI=1S/C37H42ClN5O9S/c1-6-21-17-37(21,35(48)42-53(49,50)25-12-13-25)41-31(44)28-16-24(52-32-27-15-22(38)9-14-26(27)29(51-5)18-39-32)19-43(28)33(45)30(36(2,3)4)40-23-10-7-20(8-11-23)34(46)47/h6-11,14-15,18,21,24-25,28,30,40H,1,12-13,16-17,19H2,2-5H3,(H,41,44)(H,42,48)(H,46,47)/t21-,24-,28+,30-,37-/m1/s1. The van der Waals surface area contributed by atoms with Crippen LogP contribution in [-0.4, -0.2) is 89.7 Å². The number of amides is 3. The monoisotopic (exact) mass is 767 g/mol. The number of hydrogen-bond donors (Lipinski definition) is 4. The average Bonchev–Trinajstić information content (AvgIpc) is 4.03. The predicted molar refractivity (Wildman–Crippen MR) is 197 cm³/mol. The van der Waals surface area contributed by atoms with Gasteiger partial charge in [0.1, 0.15) is 29.5 Å². The molecule has 3 aliphatic rings. The number of nitrogens with zero attached hydrogens (tertiary/aromatic N) is 2. The van der Waals surface area contributed by atoms with E-state index < -0.39 is 74.0 Å². The first kappa shape index (κ1) is 37.9. The van der Waals surface area contributed by atoms with Gasteiger partial charge in [-0.25, -0.2) is 18.2 Å². The van der Waals surface area contributed by atoms with Gasteiger partial charge in [0.2, 0.25) is 27.7 Å². The molecule has 0 bridgehead atoms. The van der Waals surface area contributed by atoms with Crippen LogP contribution in [0.1, 0.15) is 56.8 Å². The summed E-state index contributed by atoms with van der Waals surface area (Å²) in [7, 11) is -2.40. The first-order valence-electron chi connectivity index (χ1n) is 17.2. The fourth-order valence-corrected chi connectivity index (χ4v) is 8.20. The number of pyridine rings is 1. The molecule has 0 radical (unpaired) electrons. The Balaban J connectivity index is 1.32. The van der Waals surface area contributed by atoms with Crippen molar-refractivity contribution < 1.29 is 42.2 Å². The lowest BCUT2D eigenvalue weighted by atomic mass is 9.85. The molecule has 1 aliphatic heterocycles. The number of likely N-dealkylation sites (tertiary alicyclic amines) is 1. The average molecular weight is 768 g/mol. The Hall–Kier alpha value is -4.89. The zero-order chi connectivity index (χ0) is 38.5. The largest absolute Gasteiger partial charge is 0.494 e. The normalized spacial score (nSPS) is 23.1. The van der Waals surface area contributed by atoms with Crippen LogP contribution in [0.2, 0.25) is 5.02 Å². The highest BCUT2D eigenvalue weighted by Crippen LogP contribution is 2.46. The molecule has 6 rings (SSSR count). The van der Waals surface area contributed by atoms with Crippen LogP contribution in [-0.2, 0) is 24.4 Å². The van der Waals surface area contributed by atoms with Gasteiger partial charge in [0.05, 0.1) is 30.7 Å². The van der Waals surface area contributed by atoms with Gasteiger partial charge in [-0.3, -0.25) is 19.1 Å². The molecule has 5 atom stereocenters. The Morgan fingerprint density at radius 1 is 1.11 bits per heavy atom. The highest BCUT2D eigenvalue weighted by Gasteiger charge is 2.62. The quantitative estimate of drug-likeness (QED) is 0.183. The summed E-state index contributed by atoms with van der Waals surface area (Å²) in [6.45, 7) is 9.28. The molecular weight excluding hydrogens is 726 g/mol. The van der Waals surface area contributed by atoms with E-state index in [1.165, 1.54) is 36.4 Å². The topological polar surface area (TPSA) is 193 Å². The van der Waals surface area contributed by atoms with Crippen LogP contribution in [0.5, 0.6) is 11.6 Å². The Labute approximate surface area is 312 Å². The van der Waals surface area contributed by atoms with Gasteiger partial charge in [0, 0.05) is 33.8 Å². The molecule has 0 spiro atoms. The number of carboxylic acids is 1. The molecule has 2 saturated carbocycles. The predicted octanol–water partition coefficient (Wildman–Crippen LogP) is 4.14. The molecule has 1 saturated heterocycles. The number of hydrogen-bond acceptors (Lipinski definition) is 10. The second-order valence-electron chi connectivity index (χ2n) is 14.8. The van der Waals surface area contributed by atoms with Gasteiger partial charge < -0.3 is 30.1 Å². The molecule has 3 fully saturated rings. The highest BCUT2D eigenvalue weighted by molar-refractivity contribution is 7.91. The van der Waals surface area contributed by atoms with Crippen molar-refractivity contribution in [3.05, 3.63) is 71.9 Å². The summed E-state index contributed by atoms with van der Waals surface area (Å²) in [5.74, 6) is -2.89. The second-order valence-corrected chi connectivity index (χ2v) is 17.2. The van der Waals surface area contributed by atoms with Crippen molar-refractivity contribution in [3.8, 4) is 11.6 Å². The number of anilines is 1. The fourth-order valence-electron chi connectivity index (χ4n) is 6.66.